The lowest BCUT2D eigenvalue weighted by Crippen LogP contribution is -2.04. The fourth-order valence-corrected chi connectivity index (χ4v) is 2.03. The van der Waals surface area contributed by atoms with Crippen molar-refractivity contribution < 1.29 is 14.6 Å². The monoisotopic (exact) mass is 335 g/mol. The van der Waals surface area contributed by atoms with E-state index in [0.717, 1.165) is 17.7 Å². The summed E-state index contributed by atoms with van der Waals surface area (Å²) in [6, 6.07) is 8.55. The van der Waals surface area contributed by atoms with Gasteiger partial charge in [-0.3, -0.25) is 25.0 Å². The van der Waals surface area contributed by atoms with Crippen LogP contribution in [-0.4, -0.2) is 15.1 Å². The Bertz CT molecular complexity index is 770. The van der Waals surface area contributed by atoms with Gasteiger partial charge < -0.3 is 5.32 Å². The number of nitro groups is 2. The van der Waals surface area contributed by atoms with Crippen LogP contribution in [0.1, 0.15) is 15.9 Å². The number of nitro benzene ring substituents is 2. The highest BCUT2D eigenvalue weighted by Crippen LogP contribution is 2.38. The summed E-state index contributed by atoms with van der Waals surface area (Å²) in [6.07, 6.45) is 0. The van der Waals surface area contributed by atoms with Crippen molar-refractivity contribution in [3.63, 3.8) is 0 Å². The van der Waals surface area contributed by atoms with Gasteiger partial charge in [-0.25, -0.2) is 0 Å². The molecule has 0 radical (unpaired) electrons. The maximum absolute atomic E-state index is 11.2. The molecule has 0 bridgehead atoms. The number of halogens is 1. The summed E-state index contributed by atoms with van der Waals surface area (Å²) in [5.74, 6) is 0. The van der Waals surface area contributed by atoms with Crippen LogP contribution in [0.25, 0.3) is 0 Å². The van der Waals surface area contributed by atoms with E-state index < -0.39 is 26.5 Å². The maximum Gasteiger partial charge on any atom is 0.300 e. The van der Waals surface area contributed by atoms with Gasteiger partial charge in [0.2, 0.25) is 0 Å². The van der Waals surface area contributed by atoms with E-state index in [9.17, 15) is 25.0 Å². The Labute approximate surface area is 135 Å². The molecule has 0 aliphatic rings. The van der Waals surface area contributed by atoms with E-state index in [0.29, 0.717) is 5.69 Å². The van der Waals surface area contributed by atoms with Crippen molar-refractivity contribution in [3.05, 3.63) is 67.8 Å². The molecular formula is C14H10ClN3O5. The molecule has 0 fully saturated rings. The van der Waals surface area contributed by atoms with Crippen molar-refractivity contribution in [2.45, 2.75) is 6.92 Å². The summed E-state index contributed by atoms with van der Waals surface area (Å²) in [7, 11) is 0. The van der Waals surface area contributed by atoms with Crippen LogP contribution in [0.5, 0.6) is 0 Å². The third-order valence-corrected chi connectivity index (χ3v) is 3.26. The minimum Gasteiger partial charge on any atom is -0.344 e. The number of nitrogens with zero attached hydrogens (tertiary/aromatic N) is 2. The summed E-state index contributed by atoms with van der Waals surface area (Å²) in [6.45, 7) is 1.86. The summed E-state index contributed by atoms with van der Waals surface area (Å²) in [5.41, 5.74) is -0.452. The molecule has 2 aromatic rings. The van der Waals surface area contributed by atoms with E-state index >= 15 is 0 Å². The standard InChI is InChI=1S/C14H10ClN3O5/c1-8-2-4-10(5-3-8)16-13-11(17(20)21)6-9(14(15)19)7-12(13)18(22)23/h2-7,16H,1H3. The Morgan fingerprint density at radius 3 is 1.91 bits per heavy atom. The molecule has 1 N–H and O–H groups in total. The number of aryl methyl sites for hydroxylation is 1. The van der Waals surface area contributed by atoms with Crippen molar-refractivity contribution in [2.75, 3.05) is 5.32 Å². The van der Waals surface area contributed by atoms with Gasteiger partial charge in [-0.1, -0.05) is 17.7 Å². The largest absolute Gasteiger partial charge is 0.344 e. The number of anilines is 2. The molecule has 0 aliphatic heterocycles. The fourth-order valence-electron chi connectivity index (χ4n) is 1.92. The molecule has 0 saturated heterocycles. The summed E-state index contributed by atoms with van der Waals surface area (Å²) < 4.78 is 0. The van der Waals surface area contributed by atoms with Gasteiger partial charge in [-0.2, -0.15) is 0 Å². The van der Waals surface area contributed by atoms with Gasteiger partial charge in [0.15, 0.2) is 5.69 Å². The molecule has 0 heterocycles. The van der Waals surface area contributed by atoms with Crippen LogP contribution in [0.4, 0.5) is 22.7 Å². The van der Waals surface area contributed by atoms with E-state index in [-0.39, 0.29) is 11.3 Å². The van der Waals surface area contributed by atoms with Crippen LogP contribution in [0, 0.1) is 27.2 Å². The van der Waals surface area contributed by atoms with Gasteiger partial charge in [-0.05, 0) is 30.7 Å². The first-order valence-corrected chi connectivity index (χ1v) is 6.67. The molecule has 118 valence electrons. The number of nitrogens with one attached hydrogen (secondary N) is 1. The van der Waals surface area contributed by atoms with Gasteiger partial charge in [0.1, 0.15) is 0 Å². The molecule has 0 aliphatic carbocycles. The molecule has 0 atom stereocenters. The first kappa shape index (κ1) is 16.4. The van der Waals surface area contributed by atoms with Gasteiger partial charge in [0, 0.05) is 23.4 Å². The fraction of sp³-hybridized carbons (Fsp3) is 0.0714. The minimum atomic E-state index is -1.02. The molecule has 2 aromatic carbocycles. The lowest BCUT2D eigenvalue weighted by Gasteiger charge is -2.09. The highest BCUT2D eigenvalue weighted by Gasteiger charge is 2.28. The normalized spacial score (nSPS) is 10.2. The number of hydrogen-bond donors (Lipinski definition) is 1. The van der Waals surface area contributed by atoms with Gasteiger partial charge in [0.25, 0.3) is 5.24 Å². The first-order chi connectivity index (χ1) is 10.8. The zero-order valence-electron chi connectivity index (χ0n) is 11.8. The molecule has 9 heteroatoms. The summed E-state index contributed by atoms with van der Waals surface area (Å²) in [5, 5.41) is 24.1. The molecule has 2 rings (SSSR count). The number of rotatable bonds is 5. The Hall–Kier alpha value is -3.00. The van der Waals surface area contributed by atoms with Gasteiger partial charge in [0.05, 0.1) is 9.85 Å². The van der Waals surface area contributed by atoms with Crippen LogP contribution in [0.15, 0.2) is 36.4 Å². The second-order valence-corrected chi connectivity index (χ2v) is 5.01. The van der Waals surface area contributed by atoms with Crippen molar-refractivity contribution in [1.82, 2.24) is 0 Å². The SMILES string of the molecule is Cc1ccc(Nc2c([N+](=O)[O-])cc(C(=O)Cl)cc2[N+](=O)[O-])cc1. The average molecular weight is 336 g/mol. The maximum atomic E-state index is 11.2. The molecule has 0 unspecified atom stereocenters. The summed E-state index contributed by atoms with van der Waals surface area (Å²) >= 11 is 5.28. The van der Waals surface area contributed by atoms with E-state index in [1.807, 2.05) is 6.92 Å². The van der Waals surface area contributed by atoms with Crippen molar-refractivity contribution in [3.8, 4) is 0 Å². The lowest BCUT2D eigenvalue weighted by atomic mass is 10.1. The van der Waals surface area contributed by atoms with Crippen LogP contribution in [-0.2, 0) is 0 Å². The zero-order valence-corrected chi connectivity index (χ0v) is 12.5. The van der Waals surface area contributed by atoms with Crippen LogP contribution >= 0.6 is 11.6 Å². The molecule has 0 spiro atoms. The van der Waals surface area contributed by atoms with Crippen molar-refractivity contribution in [2.24, 2.45) is 0 Å². The van der Waals surface area contributed by atoms with E-state index in [2.05, 4.69) is 5.32 Å². The molecule has 0 aromatic heterocycles. The molecular weight excluding hydrogens is 326 g/mol. The van der Waals surface area contributed by atoms with Crippen molar-refractivity contribution >= 4 is 39.6 Å². The van der Waals surface area contributed by atoms with Crippen LogP contribution in [0.3, 0.4) is 0 Å². The van der Waals surface area contributed by atoms with E-state index in [1.54, 1.807) is 24.3 Å². The van der Waals surface area contributed by atoms with E-state index in [4.69, 9.17) is 11.6 Å². The smallest absolute Gasteiger partial charge is 0.300 e. The first-order valence-electron chi connectivity index (χ1n) is 6.30. The molecule has 23 heavy (non-hydrogen) atoms. The Morgan fingerprint density at radius 2 is 1.52 bits per heavy atom. The molecule has 0 amide bonds. The van der Waals surface area contributed by atoms with Crippen molar-refractivity contribution in [1.29, 1.82) is 0 Å². The number of benzene rings is 2. The minimum absolute atomic E-state index is 0.314. The second kappa shape index (κ2) is 6.41. The van der Waals surface area contributed by atoms with Gasteiger partial charge in [-0.15, -0.1) is 0 Å². The van der Waals surface area contributed by atoms with Crippen LogP contribution in [0.2, 0.25) is 0 Å². The predicted octanol–water partition coefficient (Wildman–Crippen LogP) is 3.93. The average Bonchev–Trinajstić information content (AvgIpc) is 2.48. The highest BCUT2D eigenvalue weighted by atomic mass is 35.5. The number of carbonyl (C=O) groups is 1. The number of carbonyl (C=O) groups excluding carboxylic acids is 1. The van der Waals surface area contributed by atoms with E-state index in [1.165, 1.54) is 0 Å². The lowest BCUT2D eigenvalue weighted by molar-refractivity contribution is -0.392. The molecule has 0 saturated carbocycles. The Balaban J connectivity index is 2.63. The zero-order chi connectivity index (χ0) is 17.1. The third kappa shape index (κ3) is 3.61. The second-order valence-electron chi connectivity index (χ2n) is 4.67. The Kier molecular flexibility index (Phi) is 4.56. The third-order valence-electron chi connectivity index (χ3n) is 3.04. The molecule has 8 nitrogen and oxygen atoms in total. The quantitative estimate of drug-likeness (QED) is 0.502. The predicted molar refractivity (Wildman–Crippen MR) is 84.4 cm³/mol. The van der Waals surface area contributed by atoms with Crippen LogP contribution < -0.4 is 5.32 Å². The topological polar surface area (TPSA) is 115 Å². The summed E-state index contributed by atoms with van der Waals surface area (Å²) in [4.78, 5) is 32.0. The number of hydrogen-bond acceptors (Lipinski definition) is 6. The van der Waals surface area contributed by atoms with Gasteiger partial charge >= 0.3 is 11.4 Å². The highest BCUT2D eigenvalue weighted by molar-refractivity contribution is 6.67. The Morgan fingerprint density at radius 1 is 1.04 bits per heavy atom.